The minimum absolute atomic E-state index is 0.0953. The Morgan fingerprint density at radius 1 is 1.20 bits per heavy atom. The maximum atomic E-state index is 12.3. The topological polar surface area (TPSA) is 41.6 Å². The van der Waals surface area contributed by atoms with E-state index in [0.29, 0.717) is 13.0 Å². The van der Waals surface area contributed by atoms with Gasteiger partial charge in [-0.3, -0.25) is 9.69 Å². The molecule has 3 rings (SSSR count). The largest absolute Gasteiger partial charge is 0.497 e. The van der Waals surface area contributed by atoms with Crippen molar-refractivity contribution in [3.63, 3.8) is 0 Å². The molecular weight excluding hydrogens is 332 g/mol. The molecule has 5 heteroatoms. The Bertz CT molecular complexity index is 649. The normalized spacial score (nSPS) is 16.4. The van der Waals surface area contributed by atoms with Gasteiger partial charge in [0, 0.05) is 11.4 Å². The number of carbonyl (C=O) groups is 1. The number of benzene rings is 1. The number of ether oxygens (including phenoxy) is 1. The molecule has 0 aliphatic carbocycles. The van der Waals surface area contributed by atoms with Gasteiger partial charge < -0.3 is 10.1 Å². The second kappa shape index (κ2) is 9.02. The summed E-state index contributed by atoms with van der Waals surface area (Å²) in [6.45, 7) is 2.84. The predicted molar refractivity (Wildman–Crippen MR) is 102 cm³/mol. The van der Waals surface area contributed by atoms with Gasteiger partial charge in [0.25, 0.3) is 0 Å². The van der Waals surface area contributed by atoms with E-state index in [1.807, 2.05) is 29.6 Å². The molecule has 25 heavy (non-hydrogen) atoms. The second-order valence-electron chi connectivity index (χ2n) is 6.45. The van der Waals surface area contributed by atoms with Gasteiger partial charge in [-0.1, -0.05) is 24.6 Å². The van der Waals surface area contributed by atoms with Crippen LogP contribution in [0.15, 0.2) is 41.8 Å². The minimum Gasteiger partial charge on any atom is -0.497 e. The second-order valence-corrected chi connectivity index (χ2v) is 7.48. The Kier molecular flexibility index (Phi) is 6.48. The molecule has 1 amide bonds. The maximum absolute atomic E-state index is 12.3. The number of thiophene rings is 1. The van der Waals surface area contributed by atoms with Gasteiger partial charge in [0.05, 0.1) is 19.6 Å². The molecule has 1 aromatic carbocycles. The Hall–Kier alpha value is -1.85. The van der Waals surface area contributed by atoms with Gasteiger partial charge in [0.15, 0.2) is 0 Å². The molecule has 1 aromatic heterocycles. The number of hydrogen-bond acceptors (Lipinski definition) is 4. The number of hydrogen-bond donors (Lipinski definition) is 1. The van der Waals surface area contributed by atoms with E-state index in [1.54, 1.807) is 18.4 Å². The van der Waals surface area contributed by atoms with Crippen LogP contribution in [0.25, 0.3) is 0 Å². The smallest absolute Gasteiger partial charge is 0.225 e. The van der Waals surface area contributed by atoms with E-state index in [4.69, 9.17) is 4.74 Å². The summed E-state index contributed by atoms with van der Waals surface area (Å²) < 4.78 is 5.27. The van der Waals surface area contributed by atoms with Crippen LogP contribution in [0, 0.1) is 0 Å². The average Bonchev–Trinajstić information content (AvgIpc) is 3.16. The molecule has 1 saturated heterocycles. The Balaban J connectivity index is 1.65. The van der Waals surface area contributed by atoms with E-state index >= 15 is 0 Å². The number of methoxy groups -OCH3 is 1. The third kappa shape index (κ3) is 5.06. The number of nitrogens with one attached hydrogen (secondary N) is 1. The van der Waals surface area contributed by atoms with E-state index < -0.39 is 0 Å². The lowest BCUT2D eigenvalue weighted by atomic mass is 10.0. The van der Waals surface area contributed by atoms with Gasteiger partial charge >= 0.3 is 0 Å². The first-order valence-electron chi connectivity index (χ1n) is 8.93. The highest BCUT2D eigenvalue weighted by atomic mass is 32.1. The van der Waals surface area contributed by atoms with Crippen molar-refractivity contribution in [2.45, 2.75) is 31.7 Å². The molecule has 1 atom stereocenters. The molecule has 1 N–H and O–H groups in total. The highest BCUT2D eigenvalue weighted by Crippen LogP contribution is 2.26. The van der Waals surface area contributed by atoms with Gasteiger partial charge in [-0.05, 0) is 55.1 Å². The van der Waals surface area contributed by atoms with E-state index in [1.165, 1.54) is 24.8 Å². The molecule has 1 aliphatic rings. The molecule has 1 fully saturated rings. The molecule has 0 unspecified atom stereocenters. The Morgan fingerprint density at radius 2 is 1.96 bits per heavy atom. The van der Waals surface area contributed by atoms with Gasteiger partial charge in [0.1, 0.15) is 5.75 Å². The van der Waals surface area contributed by atoms with Gasteiger partial charge in [-0.15, -0.1) is 11.3 Å². The third-order valence-electron chi connectivity index (χ3n) is 4.74. The summed E-state index contributed by atoms with van der Waals surface area (Å²) in [5, 5.41) is 5.15. The lowest BCUT2D eigenvalue weighted by Crippen LogP contribution is -2.41. The molecule has 0 saturated carbocycles. The first kappa shape index (κ1) is 18.0. The summed E-state index contributed by atoms with van der Waals surface area (Å²) in [6.07, 6.45) is 4.23. The van der Waals surface area contributed by atoms with Crippen molar-refractivity contribution in [1.29, 1.82) is 0 Å². The maximum Gasteiger partial charge on any atom is 0.225 e. The summed E-state index contributed by atoms with van der Waals surface area (Å²) in [5.74, 6) is 0.959. The standard InChI is InChI=1S/C20H26N2O2S/c1-24-17-9-7-16(8-10-17)19(22-11-3-2-4-12-22)15-21-20(23)14-18-6-5-13-25-18/h5-10,13,19H,2-4,11-12,14-15H2,1H3,(H,21,23)/t19-/m1/s1. The van der Waals surface area contributed by atoms with Crippen molar-refractivity contribution in [1.82, 2.24) is 10.2 Å². The molecule has 2 heterocycles. The minimum atomic E-state index is 0.0953. The summed E-state index contributed by atoms with van der Waals surface area (Å²) in [4.78, 5) is 15.9. The summed E-state index contributed by atoms with van der Waals surface area (Å²) >= 11 is 1.63. The Morgan fingerprint density at radius 3 is 2.60 bits per heavy atom. The fourth-order valence-electron chi connectivity index (χ4n) is 3.36. The van der Waals surface area contributed by atoms with Crippen LogP contribution in [0.1, 0.15) is 35.7 Å². The van der Waals surface area contributed by atoms with E-state index in [0.717, 1.165) is 23.7 Å². The fourth-order valence-corrected chi connectivity index (χ4v) is 4.06. The summed E-state index contributed by atoms with van der Waals surface area (Å²) in [7, 11) is 1.68. The zero-order valence-corrected chi connectivity index (χ0v) is 15.6. The molecule has 4 nitrogen and oxygen atoms in total. The molecule has 2 aromatic rings. The molecule has 0 bridgehead atoms. The predicted octanol–water partition coefficient (Wildman–Crippen LogP) is 3.64. The van der Waals surface area contributed by atoms with Crippen molar-refractivity contribution < 1.29 is 9.53 Å². The quantitative estimate of drug-likeness (QED) is 0.821. The summed E-state index contributed by atoms with van der Waals surface area (Å²) in [6, 6.07) is 12.4. The van der Waals surface area contributed by atoms with Crippen LogP contribution >= 0.6 is 11.3 Å². The Labute approximate surface area is 153 Å². The highest BCUT2D eigenvalue weighted by molar-refractivity contribution is 7.10. The van der Waals surface area contributed by atoms with Gasteiger partial charge in [-0.25, -0.2) is 0 Å². The van der Waals surface area contributed by atoms with Crippen LogP contribution in [0.5, 0.6) is 5.75 Å². The van der Waals surface area contributed by atoms with Crippen LogP contribution in [0.2, 0.25) is 0 Å². The van der Waals surface area contributed by atoms with E-state index in [-0.39, 0.29) is 11.9 Å². The zero-order chi connectivity index (χ0) is 17.5. The average molecular weight is 359 g/mol. The molecule has 134 valence electrons. The van der Waals surface area contributed by atoms with Crippen molar-refractivity contribution in [3.8, 4) is 5.75 Å². The van der Waals surface area contributed by atoms with E-state index in [2.05, 4.69) is 22.3 Å². The first-order chi connectivity index (χ1) is 12.3. The first-order valence-corrected chi connectivity index (χ1v) is 9.81. The SMILES string of the molecule is COc1ccc([C@@H](CNC(=O)Cc2cccs2)N2CCCCC2)cc1. The number of piperidine rings is 1. The number of carbonyl (C=O) groups excluding carboxylic acids is 1. The van der Waals surface area contributed by atoms with Crippen LogP contribution in [-0.2, 0) is 11.2 Å². The van der Waals surface area contributed by atoms with Crippen LogP contribution in [0.4, 0.5) is 0 Å². The zero-order valence-electron chi connectivity index (χ0n) is 14.7. The highest BCUT2D eigenvalue weighted by Gasteiger charge is 2.23. The number of amides is 1. The molecular formula is C20H26N2O2S. The van der Waals surface area contributed by atoms with Crippen molar-refractivity contribution >= 4 is 17.2 Å². The third-order valence-corrected chi connectivity index (χ3v) is 5.62. The fraction of sp³-hybridized carbons (Fsp3) is 0.450. The lowest BCUT2D eigenvalue weighted by Gasteiger charge is -2.35. The molecule has 1 aliphatic heterocycles. The van der Waals surface area contributed by atoms with Crippen molar-refractivity contribution in [2.24, 2.45) is 0 Å². The monoisotopic (exact) mass is 358 g/mol. The van der Waals surface area contributed by atoms with Gasteiger partial charge in [0.2, 0.25) is 5.91 Å². The van der Waals surface area contributed by atoms with E-state index in [9.17, 15) is 4.79 Å². The van der Waals surface area contributed by atoms with Gasteiger partial charge in [-0.2, -0.15) is 0 Å². The number of nitrogens with zero attached hydrogens (tertiary/aromatic N) is 1. The van der Waals surface area contributed by atoms with Crippen LogP contribution in [-0.4, -0.2) is 37.6 Å². The lowest BCUT2D eigenvalue weighted by molar-refractivity contribution is -0.120. The van der Waals surface area contributed by atoms with Crippen molar-refractivity contribution in [3.05, 3.63) is 52.2 Å². The van der Waals surface area contributed by atoms with Crippen molar-refractivity contribution in [2.75, 3.05) is 26.7 Å². The number of rotatable bonds is 7. The molecule has 0 spiro atoms. The molecule has 0 radical (unpaired) electrons. The number of likely N-dealkylation sites (tertiary alicyclic amines) is 1. The summed E-state index contributed by atoms with van der Waals surface area (Å²) in [5.41, 5.74) is 1.24. The van der Waals surface area contributed by atoms with Crippen LogP contribution in [0.3, 0.4) is 0 Å². The van der Waals surface area contributed by atoms with Crippen LogP contribution < -0.4 is 10.1 Å².